The van der Waals surface area contributed by atoms with E-state index in [2.05, 4.69) is 5.32 Å². The number of nitrogens with one attached hydrogen (secondary N) is 1. The minimum absolute atomic E-state index is 0.0908. The normalized spacial score (nSPS) is 17.4. The first kappa shape index (κ1) is 18.2. The van der Waals surface area contributed by atoms with E-state index in [0.717, 1.165) is 19.3 Å². The molecule has 2 N–H and O–H groups in total. The summed E-state index contributed by atoms with van der Waals surface area (Å²) in [6.45, 7) is -0.976. The largest absolute Gasteiger partial charge is 0.386 e. The monoisotopic (exact) mass is 361 g/mol. The highest BCUT2D eigenvalue weighted by Gasteiger charge is 2.27. The molecule has 2 unspecified atom stereocenters. The molecule has 0 aliphatic heterocycles. The minimum Gasteiger partial charge on any atom is -0.386 e. The van der Waals surface area contributed by atoms with E-state index in [1.807, 2.05) is 0 Å². The smallest absolute Gasteiger partial charge is 0.253 e. The number of hydrogen-bond donors (Lipinski definition) is 2. The summed E-state index contributed by atoms with van der Waals surface area (Å²) in [5.74, 6) is -0.584. The SMILES string of the molecule is O=C(NC(CF)C(O)c1ccc(C(=O)C2CCC2)cc1)C(Cl)Cl. The molecule has 0 heterocycles. The molecule has 1 aromatic carbocycles. The maximum atomic E-state index is 13.1. The van der Waals surface area contributed by atoms with Gasteiger partial charge >= 0.3 is 0 Å². The van der Waals surface area contributed by atoms with Crippen molar-refractivity contribution in [3.8, 4) is 0 Å². The van der Waals surface area contributed by atoms with Crippen molar-refractivity contribution < 1.29 is 19.1 Å². The van der Waals surface area contributed by atoms with E-state index >= 15 is 0 Å². The number of ketones is 1. The van der Waals surface area contributed by atoms with Crippen molar-refractivity contribution in [2.45, 2.75) is 36.2 Å². The molecule has 2 atom stereocenters. The third kappa shape index (κ3) is 4.43. The van der Waals surface area contributed by atoms with Gasteiger partial charge in [-0.3, -0.25) is 9.59 Å². The fourth-order valence-electron chi connectivity index (χ4n) is 2.43. The van der Waals surface area contributed by atoms with Crippen molar-refractivity contribution in [1.82, 2.24) is 5.32 Å². The number of halogens is 3. The fourth-order valence-corrected chi connectivity index (χ4v) is 2.56. The van der Waals surface area contributed by atoms with Crippen LogP contribution in [0.1, 0.15) is 41.3 Å². The van der Waals surface area contributed by atoms with Crippen LogP contribution >= 0.6 is 23.2 Å². The summed E-state index contributed by atoms with van der Waals surface area (Å²) >= 11 is 10.8. The number of amides is 1. The van der Waals surface area contributed by atoms with Crippen molar-refractivity contribution in [2.75, 3.05) is 6.67 Å². The van der Waals surface area contributed by atoms with Crippen LogP contribution in [0.2, 0.25) is 0 Å². The Balaban J connectivity index is 2.04. The van der Waals surface area contributed by atoms with Crippen molar-refractivity contribution in [1.29, 1.82) is 0 Å². The Labute approximate surface area is 144 Å². The third-order valence-corrected chi connectivity index (χ3v) is 4.48. The van der Waals surface area contributed by atoms with Gasteiger partial charge in [-0.1, -0.05) is 53.9 Å². The molecule has 1 fully saturated rings. The first-order chi connectivity index (χ1) is 10.9. The number of hydrogen-bond acceptors (Lipinski definition) is 3. The van der Waals surface area contributed by atoms with E-state index in [0.29, 0.717) is 11.1 Å². The van der Waals surface area contributed by atoms with Gasteiger partial charge in [0.05, 0.1) is 6.04 Å². The van der Waals surface area contributed by atoms with Crippen LogP contribution in [0.5, 0.6) is 0 Å². The van der Waals surface area contributed by atoms with E-state index in [1.54, 1.807) is 24.3 Å². The number of Topliss-reactive ketones (excluding diaryl/α,β-unsaturated/α-hetero) is 1. The summed E-state index contributed by atoms with van der Waals surface area (Å²) in [5, 5.41) is 12.4. The number of aliphatic hydroxyl groups excluding tert-OH is 1. The molecule has 1 aliphatic carbocycles. The van der Waals surface area contributed by atoms with Gasteiger partial charge in [-0.15, -0.1) is 0 Å². The Morgan fingerprint density at radius 3 is 2.30 bits per heavy atom. The Kier molecular flexibility index (Phi) is 6.39. The molecule has 0 saturated heterocycles. The molecule has 2 rings (SSSR count). The molecule has 0 aromatic heterocycles. The second kappa shape index (κ2) is 8.08. The highest BCUT2D eigenvalue weighted by atomic mass is 35.5. The van der Waals surface area contributed by atoms with Gasteiger partial charge in [-0.05, 0) is 18.4 Å². The Morgan fingerprint density at radius 2 is 1.87 bits per heavy atom. The second-order valence-corrected chi connectivity index (χ2v) is 6.73. The van der Waals surface area contributed by atoms with Gasteiger partial charge in [0.2, 0.25) is 0 Å². The summed E-state index contributed by atoms with van der Waals surface area (Å²) in [6, 6.07) is 5.19. The van der Waals surface area contributed by atoms with Crippen molar-refractivity contribution >= 4 is 34.9 Å². The fraction of sp³-hybridized carbons (Fsp3) is 0.500. The summed E-state index contributed by atoms with van der Waals surface area (Å²) in [6.07, 6.45) is 1.64. The highest BCUT2D eigenvalue weighted by molar-refractivity contribution is 6.53. The van der Waals surface area contributed by atoms with Gasteiger partial charge in [0.15, 0.2) is 10.6 Å². The number of carbonyl (C=O) groups excluding carboxylic acids is 2. The van der Waals surface area contributed by atoms with Gasteiger partial charge in [0.25, 0.3) is 5.91 Å². The molecule has 0 radical (unpaired) electrons. The first-order valence-corrected chi connectivity index (χ1v) is 8.28. The first-order valence-electron chi connectivity index (χ1n) is 7.40. The molecule has 1 saturated carbocycles. The van der Waals surface area contributed by atoms with Gasteiger partial charge in [-0.2, -0.15) is 0 Å². The summed E-state index contributed by atoms with van der Waals surface area (Å²) in [5.41, 5.74) is 0.979. The minimum atomic E-state index is -1.33. The van der Waals surface area contributed by atoms with Crippen LogP contribution in [0.25, 0.3) is 0 Å². The van der Waals surface area contributed by atoms with Gasteiger partial charge < -0.3 is 10.4 Å². The maximum Gasteiger partial charge on any atom is 0.253 e. The Hall–Kier alpha value is -1.17. The Morgan fingerprint density at radius 1 is 1.26 bits per heavy atom. The summed E-state index contributed by atoms with van der Waals surface area (Å²) in [7, 11) is 0. The van der Waals surface area contributed by atoms with Crippen LogP contribution in [-0.2, 0) is 4.79 Å². The number of alkyl halides is 3. The van der Waals surface area contributed by atoms with Crippen LogP contribution in [0.3, 0.4) is 0 Å². The van der Waals surface area contributed by atoms with Crippen LogP contribution in [-0.4, -0.2) is 34.3 Å². The zero-order valence-electron chi connectivity index (χ0n) is 12.3. The predicted octanol–water partition coefficient (Wildman–Crippen LogP) is 2.96. The number of rotatable bonds is 7. The van der Waals surface area contributed by atoms with Crippen LogP contribution < -0.4 is 5.32 Å². The van der Waals surface area contributed by atoms with Crippen molar-refractivity contribution in [3.63, 3.8) is 0 Å². The molecule has 0 bridgehead atoms. The number of aliphatic hydroxyl groups is 1. The van der Waals surface area contributed by atoms with E-state index in [1.165, 1.54) is 0 Å². The lowest BCUT2D eigenvalue weighted by molar-refractivity contribution is -0.121. The molecular weight excluding hydrogens is 344 g/mol. The average molecular weight is 362 g/mol. The lowest BCUT2D eigenvalue weighted by Gasteiger charge is -2.24. The van der Waals surface area contributed by atoms with Crippen LogP contribution in [0.15, 0.2) is 24.3 Å². The molecule has 0 spiro atoms. The molecule has 126 valence electrons. The lowest BCUT2D eigenvalue weighted by Crippen LogP contribution is -2.43. The van der Waals surface area contributed by atoms with E-state index in [9.17, 15) is 19.1 Å². The van der Waals surface area contributed by atoms with Gasteiger partial charge in [-0.25, -0.2) is 4.39 Å². The molecule has 23 heavy (non-hydrogen) atoms. The van der Waals surface area contributed by atoms with Gasteiger partial charge in [0.1, 0.15) is 12.8 Å². The molecule has 1 amide bonds. The third-order valence-electron chi connectivity index (χ3n) is 4.09. The molecule has 4 nitrogen and oxygen atoms in total. The van der Waals surface area contributed by atoms with Crippen molar-refractivity contribution in [2.24, 2.45) is 5.92 Å². The average Bonchev–Trinajstić information content (AvgIpc) is 2.50. The molecule has 7 heteroatoms. The lowest BCUT2D eigenvalue weighted by atomic mass is 9.80. The maximum absolute atomic E-state index is 13.1. The van der Waals surface area contributed by atoms with Crippen molar-refractivity contribution in [3.05, 3.63) is 35.4 Å². The van der Waals surface area contributed by atoms with Gasteiger partial charge in [0, 0.05) is 11.5 Å². The molecular formula is C16H18Cl2FNO3. The Bertz CT molecular complexity index is 561. The molecule has 1 aliphatic rings. The number of benzene rings is 1. The van der Waals surface area contributed by atoms with E-state index in [-0.39, 0.29) is 11.7 Å². The van der Waals surface area contributed by atoms with E-state index < -0.39 is 29.6 Å². The summed E-state index contributed by atoms with van der Waals surface area (Å²) < 4.78 is 13.1. The van der Waals surface area contributed by atoms with Crippen LogP contribution in [0, 0.1) is 5.92 Å². The number of carbonyl (C=O) groups is 2. The van der Waals surface area contributed by atoms with E-state index in [4.69, 9.17) is 23.2 Å². The summed E-state index contributed by atoms with van der Waals surface area (Å²) in [4.78, 5) is 22.2. The quantitative estimate of drug-likeness (QED) is 0.579. The van der Waals surface area contributed by atoms with Crippen LogP contribution in [0.4, 0.5) is 4.39 Å². The zero-order chi connectivity index (χ0) is 17.0. The topological polar surface area (TPSA) is 66.4 Å². The highest BCUT2D eigenvalue weighted by Crippen LogP contribution is 2.30. The standard InChI is InChI=1S/C16H18Cl2FNO3/c17-15(18)16(23)20-12(8-19)14(22)11-6-4-10(5-7-11)13(21)9-2-1-3-9/h4-7,9,12,14-15,22H,1-3,8H2,(H,20,23). The molecule has 1 aromatic rings. The predicted molar refractivity (Wildman–Crippen MR) is 86.5 cm³/mol. The zero-order valence-corrected chi connectivity index (χ0v) is 13.9. The second-order valence-electron chi connectivity index (χ2n) is 5.63.